The van der Waals surface area contributed by atoms with E-state index in [4.69, 9.17) is 4.42 Å². The summed E-state index contributed by atoms with van der Waals surface area (Å²) in [4.78, 5) is 12.5. The molecule has 7 aromatic rings. The highest BCUT2D eigenvalue weighted by Gasteiger charge is 2.14. The summed E-state index contributed by atoms with van der Waals surface area (Å²) in [5, 5.41) is 4.88. The molecule has 0 aliphatic heterocycles. The Hall–Kier alpha value is -4.63. The number of nitrogens with zero attached hydrogens (tertiary/aromatic N) is 1. The lowest BCUT2D eigenvalue weighted by atomic mass is 9.98. The van der Waals surface area contributed by atoms with Crippen molar-refractivity contribution in [2.75, 3.05) is 0 Å². The van der Waals surface area contributed by atoms with E-state index in [-0.39, 0.29) is 5.63 Å². The molecule has 2 heterocycles. The van der Waals surface area contributed by atoms with E-state index in [0.29, 0.717) is 11.0 Å². The van der Waals surface area contributed by atoms with Gasteiger partial charge in [0.2, 0.25) is 0 Å². The summed E-state index contributed by atoms with van der Waals surface area (Å²) >= 11 is 0. The first-order chi connectivity index (χ1) is 16.8. The first kappa shape index (κ1) is 18.9. The SMILES string of the molecule is O=c1oc2ccccc2c2cc(-c3ccc4c(c3)c3ccccc3n4-c3ccccc3)ccc12. The van der Waals surface area contributed by atoms with Gasteiger partial charge in [-0.1, -0.05) is 66.7 Å². The number of benzene rings is 5. The van der Waals surface area contributed by atoms with Gasteiger partial charge < -0.3 is 8.98 Å². The van der Waals surface area contributed by atoms with Gasteiger partial charge in [0.15, 0.2) is 0 Å². The molecule has 0 aliphatic carbocycles. The van der Waals surface area contributed by atoms with Crippen molar-refractivity contribution in [3.8, 4) is 16.8 Å². The van der Waals surface area contributed by atoms with E-state index in [1.807, 2.05) is 42.5 Å². The minimum atomic E-state index is -0.304. The quantitative estimate of drug-likeness (QED) is 0.205. The molecule has 0 bridgehead atoms. The van der Waals surface area contributed by atoms with Crippen molar-refractivity contribution in [2.45, 2.75) is 0 Å². The molecule has 0 saturated heterocycles. The van der Waals surface area contributed by atoms with Crippen molar-refractivity contribution in [3.63, 3.8) is 0 Å². The smallest absolute Gasteiger partial charge is 0.344 e. The standard InChI is InChI=1S/C31H19NO2/c33-31-25-16-14-20(18-26(25)24-11-5-7-13-30(24)34-31)21-15-17-29-27(19-21)23-10-4-6-12-28(23)32(29)22-8-2-1-3-9-22/h1-19H. The zero-order valence-electron chi connectivity index (χ0n) is 18.2. The number of rotatable bonds is 2. The van der Waals surface area contributed by atoms with Gasteiger partial charge in [0.1, 0.15) is 5.58 Å². The Morgan fingerprint density at radius 1 is 0.500 bits per heavy atom. The van der Waals surface area contributed by atoms with E-state index < -0.39 is 0 Å². The summed E-state index contributed by atoms with van der Waals surface area (Å²) < 4.78 is 7.83. The maximum atomic E-state index is 12.5. The van der Waals surface area contributed by atoms with Crippen molar-refractivity contribution in [1.82, 2.24) is 4.57 Å². The third-order valence-corrected chi connectivity index (χ3v) is 6.64. The van der Waals surface area contributed by atoms with Gasteiger partial charge in [-0.3, -0.25) is 0 Å². The summed E-state index contributed by atoms with van der Waals surface area (Å²) in [6, 6.07) is 39.3. The van der Waals surface area contributed by atoms with Crippen LogP contribution in [0.1, 0.15) is 0 Å². The van der Waals surface area contributed by atoms with Crippen molar-refractivity contribution >= 4 is 43.5 Å². The summed E-state index contributed by atoms with van der Waals surface area (Å²) in [5.74, 6) is 0. The van der Waals surface area contributed by atoms with Crippen molar-refractivity contribution in [1.29, 1.82) is 0 Å². The Kier molecular flexibility index (Phi) is 4.00. The number of fused-ring (bicyclic) bond motifs is 6. The third-order valence-electron chi connectivity index (χ3n) is 6.64. The minimum absolute atomic E-state index is 0.304. The Bertz CT molecular complexity index is 1930. The van der Waals surface area contributed by atoms with Crippen LogP contribution in [0.5, 0.6) is 0 Å². The van der Waals surface area contributed by atoms with Crippen LogP contribution in [0, 0.1) is 0 Å². The number of hydrogen-bond acceptors (Lipinski definition) is 2. The van der Waals surface area contributed by atoms with Crippen molar-refractivity contribution in [2.24, 2.45) is 0 Å². The van der Waals surface area contributed by atoms with E-state index in [9.17, 15) is 4.79 Å². The first-order valence-electron chi connectivity index (χ1n) is 11.3. The molecule has 2 aromatic heterocycles. The molecular formula is C31H19NO2. The second kappa shape index (κ2) is 7.19. The van der Waals surface area contributed by atoms with Gasteiger partial charge in [-0.25, -0.2) is 4.79 Å². The molecule has 0 spiro atoms. The van der Waals surface area contributed by atoms with Crippen LogP contribution in [0.25, 0.3) is 60.4 Å². The largest absolute Gasteiger partial charge is 0.422 e. The molecule has 0 radical (unpaired) electrons. The molecule has 0 saturated carbocycles. The second-order valence-electron chi connectivity index (χ2n) is 8.57. The molecule has 0 N–H and O–H groups in total. The van der Waals surface area contributed by atoms with Crippen LogP contribution in [-0.4, -0.2) is 4.57 Å². The average molecular weight is 437 g/mol. The lowest BCUT2D eigenvalue weighted by molar-refractivity contribution is 0.569. The van der Waals surface area contributed by atoms with E-state index >= 15 is 0 Å². The number of hydrogen-bond donors (Lipinski definition) is 0. The fourth-order valence-electron chi connectivity index (χ4n) is 5.07. The lowest BCUT2D eigenvalue weighted by Gasteiger charge is -2.09. The van der Waals surface area contributed by atoms with Gasteiger partial charge in [0.25, 0.3) is 0 Å². The maximum absolute atomic E-state index is 12.5. The third kappa shape index (κ3) is 2.74. The number of para-hydroxylation sites is 3. The highest BCUT2D eigenvalue weighted by molar-refractivity contribution is 6.11. The Balaban J connectivity index is 1.50. The lowest BCUT2D eigenvalue weighted by Crippen LogP contribution is -1.99. The molecule has 0 unspecified atom stereocenters. The molecular weight excluding hydrogens is 418 g/mol. The fraction of sp³-hybridized carbons (Fsp3) is 0. The van der Waals surface area contributed by atoms with Crippen LogP contribution in [-0.2, 0) is 0 Å². The van der Waals surface area contributed by atoms with Gasteiger partial charge in [-0.2, -0.15) is 0 Å². The molecule has 5 aromatic carbocycles. The zero-order chi connectivity index (χ0) is 22.6. The second-order valence-corrected chi connectivity index (χ2v) is 8.57. The van der Waals surface area contributed by atoms with Crippen LogP contribution in [0.3, 0.4) is 0 Å². The molecule has 0 atom stereocenters. The van der Waals surface area contributed by atoms with Crippen molar-refractivity contribution in [3.05, 3.63) is 126 Å². The molecule has 0 amide bonds. The van der Waals surface area contributed by atoms with Gasteiger partial charge in [0.05, 0.1) is 16.4 Å². The van der Waals surface area contributed by atoms with Gasteiger partial charge in [-0.05, 0) is 59.7 Å². The molecule has 3 heteroatoms. The van der Waals surface area contributed by atoms with Crippen LogP contribution >= 0.6 is 0 Å². The summed E-state index contributed by atoms with van der Waals surface area (Å²) in [5.41, 5.74) is 5.99. The number of aromatic nitrogens is 1. The molecule has 7 rings (SSSR count). The monoisotopic (exact) mass is 437 g/mol. The first-order valence-corrected chi connectivity index (χ1v) is 11.3. The summed E-state index contributed by atoms with van der Waals surface area (Å²) in [6.07, 6.45) is 0. The molecule has 34 heavy (non-hydrogen) atoms. The van der Waals surface area contributed by atoms with Crippen LogP contribution in [0.2, 0.25) is 0 Å². The van der Waals surface area contributed by atoms with Crippen LogP contribution < -0.4 is 5.63 Å². The van der Waals surface area contributed by atoms with Crippen molar-refractivity contribution < 1.29 is 4.42 Å². The van der Waals surface area contributed by atoms with E-state index in [1.165, 1.54) is 21.8 Å². The summed E-state index contributed by atoms with van der Waals surface area (Å²) in [7, 11) is 0. The highest BCUT2D eigenvalue weighted by atomic mass is 16.4. The Morgan fingerprint density at radius 3 is 2.00 bits per heavy atom. The predicted octanol–water partition coefficient (Wildman–Crippen LogP) is 7.71. The molecule has 3 nitrogen and oxygen atoms in total. The highest BCUT2D eigenvalue weighted by Crippen LogP contribution is 2.35. The van der Waals surface area contributed by atoms with E-state index in [2.05, 4.69) is 77.4 Å². The molecule has 0 fully saturated rings. The molecule has 0 aliphatic rings. The predicted molar refractivity (Wildman–Crippen MR) is 140 cm³/mol. The zero-order valence-corrected chi connectivity index (χ0v) is 18.2. The van der Waals surface area contributed by atoms with Gasteiger partial charge >= 0.3 is 5.63 Å². The minimum Gasteiger partial charge on any atom is -0.422 e. The van der Waals surface area contributed by atoms with E-state index in [0.717, 1.165) is 27.6 Å². The normalized spacial score (nSPS) is 11.6. The van der Waals surface area contributed by atoms with E-state index in [1.54, 1.807) is 0 Å². The van der Waals surface area contributed by atoms with Crippen LogP contribution in [0.4, 0.5) is 0 Å². The van der Waals surface area contributed by atoms with Gasteiger partial charge in [0, 0.05) is 27.2 Å². The summed E-state index contributed by atoms with van der Waals surface area (Å²) in [6.45, 7) is 0. The maximum Gasteiger partial charge on any atom is 0.344 e. The average Bonchev–Trinajstić information content (AvgIpc) is 3.23. The van der Waals surface area contributed by atoms with Crippen LogP contribution in [0.15, 0.2) is 124 Å². The Labute approximate surface area is 195 Å². The topological polar surface area (TPSA) is 35.1 Å². The van der Waals surface area contributed by atoms with Gasteiger partial charge in [-0.15, -0.1) is 0 Å². The fourth-order valence-corrected chi connectivity index (χ4v) is 5.07. The molecule has 160 valence electrons. The Morgan fingerprint density at radius 2 is 1.15 bits per heavy atom.